The summed E-state index contributed by atoms with van der Waals surface area (Å²) in [6, 6.07) is 0.652. The van der Waals surface area contributed by atoms with E-state index in [0.29, 0.717) is 17.9 Å². The molecular weight excluding hydrogens is 252 g/mol. The van der Waals surface area contributed by atoms with Crippen molar-refractivity contribution < 1.29 is 9.90 Å². The summed E-state index contributed by atoms with van der Waals surface area (Å²) in [7, 11) is 0. The number of aliphatic hydroxyl groups is 1. The second-order valence-corrected chi connectivity index (χ2v) is 7.01. The average molecular weight is 280 g/mol. The molecule has 1 saturated carbocycles. The summed E-state index contributed by atoms with van der Waals surface area (Å²) < 4.78 is 0. The third-order valence-corrected chi connectivity index (χ3v) is 5.69. The molecule has 3 rings (SSSR count). The van der Waals surface area contributed by atoms with Gasteiger partial charge in [-0.2, -0.15) is 0 Å². The van der Waals surface area contributed by atoms with Crippen molar-refractivity contribution in [3.05, 3.63) is 0 Å². The highest BCUT2D eigenvalue weighted by molar-refractivity contribution is 5.82. The molecular formula is C16H28N2O2. The molecule has 4 nitrogen and oxygen atoms in total. The Morgan fingerprint density at radius 2 is 1.90 bits per heavy atom. The Hall–Kier alpha value is -0.610. The van der Waals surface area contributed by atoms with E-state index in [2.05, 4.69) is 5.32 Å². The summed E-state index contributed by atoms with van der Waals surface area (Å²) >= 11 is 0. The number of carbonyl (C=O) groups is 1. The Bertz CT molecular complexity index is 336. The molecule has 0 bridgehead atoms. The highest BCUT2D eigenvalue weighted by Crippen LogP contribution is 2.34. The van der Waals surface area contributed by atoms with E-state index in [1.54, 1.807) is 0 Å². The van der Waals surface area contributed by atoms with Crippen molar-refractivity contribution in [2.45, 2.75) is 70.1 Å². The van der Waals surface area contributed by atoms with E-state index in [1.807, 2.05) is 11.8 Å². The molecule has 114 valence electrons. The van der Waals surface area contributed by atoms with E-state index in [0.717, 1.165) is 38.3 Å². The van der Waals surface area contributed by atoms with Gasteiger partial charge in [0.25, 0.3) is 0 Å². The van der Waals surface area contributed by atoms with E-state index in [1.165, 1.54) is 25.7 Å². The number of likely N-dealkylation sites (tertiary alicyclic amines) is 1. The lowest BCUT2D eigenvalue weighted by Gasteiger charge is -2.34. The topological polar surface area (TPSA) is 52.6 Å². The van der Waals surface area contributed by atoms with Gasteiger partial charge in [0, 0.05) is 19.1 Å². The molecule has 1 amide bonds. The summed E-state index contributed by atoms with van der Waals surface area (Å²) in [6.45, 7) is 3.51. The zero-order valence-electron chi connectivity index (χ0n) is 12.6. The van der Waals surface area contributed by atoms with E-state index in [4.69, 9.17) is 0 Å². The minimum Gasteiger partial charge on any atom is -0.393 e. The molecule has 1 aliphatic carbocycles. The Labute approximate surface area is 121 Å². The van der Waals surface area contributed by atoms with Gasteiger partial charge in [0.1, 0.15) is 0 Å². The third kappa shape index (κ3) is 2.86. The van der Waals surface area contributed by atoms with Gasteiger partial charge in [0.05, 0.1) is 12.1 Å². The normalized spacial score (nSPS) is 36.7. The van der Waals surface area contributed by atoms with Crippen molar-refractivity contribution in [1.29, 1.82) is 0 Å². The van der Waals surface area contributed by atoms with Crippen molar-refractivity contribution in [1.82, 2.24) is 10.2 Å². The van der Waals surface area contributed by atoms with Gasteiger partial charge in [-0.15, -0.1) is 0 Å². The number of hydrogen-bond donors (Lipinski definition) is 2. The molecule has 0 spiro atoms. The number of rotatable bonds is 2. The Balaban J connectivity index is 1.52. The number of aliphatic hydroxyl groups excluding tert-OH is 1. The predicted octanol–water partition coefficient (Wildman–Crippen LogP) is 1.53. The summed E-state index contributed by atoms with van der Waals surface area (Å²) in [5.74, 6) is 1.41. The Kier molecular flexibility index (Phi) is 4.32. The lowest BCUT2D eigenvalue weighted by molar-refractivity contribution is -0.135. The largest absolute Gasteiger partial charge is 0.393 e. The molecule has 3 fully saturated rings. The first kappa shape index (κ1) is 14.3. The number of fused-ring (bicyclic) bond motifs is 1. The van der Waals surface area contributed by atoms with Crippen molar-refractivity contribution >= 4 is 5.91 Å². The van der Waals surface area contributed by atoms with Gasteiger partial charge in [-0.1, -0.05) is 12.8 Å². The van der Waals surface area contributed by atoms with Crippen LogP contribution in [0.3, 0.4) is 0 Å². The van der Waals surface area contributed by atoms with Crippen LogP contribution in [-0.4, -0.2) is 47.2 Å². The molecule has 4 atom stereocenters. The van der Waals surface area contributed by atoms with Crippen molar-refractivity contribution in [2.24, 2.45) is 11.8 Å². The fourth-order valence-electron chi connectivity index (χ4n) is 4.33. The zero-order valence-corrected chi connectivity index (χ0v) is 12.6. The smallest absolute Gasteiger partial charge is 0.239 e. The lowest BCUT2D eigenvalue weighted by atomic mass is 9.85. The standard InChI is InChI=1S/C16H28N2O2/c1-11(19)12-6-8-18(9-7-12)16(20)15-10-13-4-2-3-5-14(13)17-15/h11-15,17,19H,2-10H2,1H3/t11-,13-,14-,15-/m0/s1. The summed E-state index contributed by atoms with van der Waals surface area (Å²) in [4.78, 5) is 14.6. The monoisotopic (exact) mass is 280 g/mol. The van der Waals surface area contributed by atoms with Crippen LogP contribution in [0.1, 0.15) is 51.9 Å². The van der Waals surface area contributed by atoms with E-state index in [9.17, 15) is 9.90 Å². The quantitative estimate of drug-likeness (QED) is 0.806. The van der Waals surface area contributed by atoms with Crippen LogP contribution in [0.5, 0.6) is 0 Å². The maximum Gasteiger partial charge on any atom is 0.239 e. The van der Waals surface area contributed by atoms with Crippen LogP contribution in [0.25, 0.3) is 0 Å². The summed E-state index contributed by atoms with van der Waals surface area (Å²) in [5.41, 5.74) is 0. The molecule has 2 saturated heterocycles. The first-order valence-corrected chi connectivity index (χ1v) is 8.38. The van der Waals surface area contributed by atoms with E-state index >= 15 is 0 Å². The lowest BCUT2D eigenvalue weighted by Crippen LogP contribution is -2.49. The second kappa shape index (κ2) is 6.02. The molecule has 2 heterocycles. The summed E-state index contributed by atoms with van der Waals surface area (Å²) in [5, 5.41) is 13.2. The van der Waals surface area contributed by atoms with Gasteiger partial charge < -0.3 is 15.3 Å². The van der Waals surface area contributed by atoms with Crippen molar-refractivity contribution in [3.8, 4) is 0 Å². The fraction of sp³-hybridized carbons (Fsp3) is 0.938. The molecule has 0 unspecified atom stereocenters. The maximum absolute atomic E-state index is 12.6. The number of nitrogens with one attached hydrogen (secondary N) is 1. The van der Waals surface area contributed by atoms with Crippen molar-refractivity contribution in [2.75, 3.05) is 13.1 Å². The fourth-order valence-corrected chi connectivity index (χ4v) is 4.33. The molecule has 3 aliphatic rings. The highest BCUT2D eigenvalue weighted by Gasteiger charge is 2.40. The van der Waals surface area contributed by atoms with Gasteiger partial charge in [-0.05, 0) is 50.9 Å². The van der Waals surface area contributed by atoms with Crippen LogP contribution in [0.4, 0.5) is 0 Å². The van der Waals surface area contributed by atoms with Crippen LogP contribution in [0.15, 0.2) is 0 Å². The molecule has 0 aromatic rings. The van der Waals surface area contributed by atoms with Crippen LogP contribution in [0.2, 0.25) is 0 Å². The molecule has 2 N–H and O–H groups in total. The zero-order chi connectivity index (χ0) is 14.1. The molecule has 2 aliphatic heterocycles. The van der Waals surface area contributed by atoms with E-state index in [-0.39, 0.29) is 12.1 Å². The third-order valence-electron chi connectivity index (χ3n) is 5.69. The first-order valence-electron chi connectivity index (χ1n) is 8.38. The van der Waals surface area contributed by atoms with Crippen LogP contribution in [-0.2, 0) is 4.79 Å². The van der Waals surface area contributed by atoms with Gasteiger partial charge >= 0.3 is 0 Å². The number of carbonyl (C=O) groups excluding carboxylic acids is 1. The average Bonchev–Trinajstić information content (AvgIpc) is 2.90. The highest BCUT2D eigenvalue weighted by atomic mass is 16.3. The van der Waals surface area contributed by atoms with Crippen LogP contribution in [0, 0.1) is 11.8 Å². The number of amides is 1. The molecule has 0 radical (unpaired) electrons. The number of nitrogens with zero attached hydrogens (tertiary/aromatic N) is 1. The minimum atomic E-state index is -0.236. The van der Waals surface area contributed by atoms with Gasteiger partial charge in [0.2, 0.25) is 5.91 Å². The first-order chi connectivity index (χ1) is 9.65. The minimum absolute atomic E-state index is 0.0613. The number of piperidine rings is 1. The van der Waals surface area contributed by atoms with Gasteiger partial charge in [-0.3, -0.25) is 4.79 Å². The maximum atomic E-state index is 12.6. The molecule has 4 heteroatoms. The summed E-state index contributed by atoms with van der Waals surface area (Å²) in [6.07, 6.45) is 7.90. The van der Waals surface area contributed by atoms with Crippen LogP contribution < -0.4 is 5.32 Å². The Morgan fingerprint density at radius 1 is 1.20 bits per heavy atom. The SMILES string of the molecule is C[C@H](O)C1CCN(C(=O)[C@@H]2C[C@@H]3CCCC[C@@H]3N2)CC1. The Morgan fingerprint density at radius 3 is 2.55 bits per heavy atom. The number of hydrogen-bond acceptors (Lipinski definition) is 3. The predicted molar refractivity (Wildman–Crippen MR) is 78.3 cm³/mol. The molecule has 20 heavy (non-hydrogen) atoms. The molecule has 0 aromatic carbocycles. The van der Waals surface area contributed by atoms with Crippen molar-refractivity contribution in [3.63, 3.8) is 0 Å². The van der Waals surface area contributed by atoms with Crippen LogP contribution >= 0.6 is 0 Å². The van der Waals surface area contributed by atoms with E-state index < -0.39 is 0 Å². The van der Waals surface area contributed by atoms with Gasteiger partial charge in [-0.25, -0.2) is 0 Å². The van der Waals surface area contributed by atoms with Gasteiger partial charge in [0.15, 0.2) is 0 Å². The second-order valence-electron chi connectivity index (χ2n) is 7.01. The molecule has 0 aromatic heterocycles.